The van der Waals surface area contributed by atoms with Gasteiger partial charge in [-0.2, -0.15) is 0 Å². The molecule has 8 aromatic rings. The summed E-state index contributed by atoms with van der Waals surface area (Å²) in [6.45, 7) is 0. The molecule has 0 radical (unpaired) electrons. The van der Waals surface area contributed by atoms with Gasteiger partial charge in [0.05, 0.1) is 0 Å². The van der Waals surface area contributed by atoms with Crippen molar-refractivity contribution in [2.45, 2.75) is 0 Å². The number of nitrogens with zero attached hydrogens (tertiary/aromatic N) is 3. The van der Waals surface area contributed by atoms with Crippen molar-refractivity contribution in [2.24, 2.45) is 0 Å². The van der Waals surface area contributed by atoms with Crippen LogP contribution in [0.2, 0.25) is 0 Å². The Kier molecular flexibility index (Phi) is 6.08. The van der Waals surface area contributed by atoms with E-state index in [0.717, 1.165) is 77.8 Å². The summed E-state index contributed by atoms with van der Waals surface area (Å²) in [4.78, 5) is 0. The molecule has 0 amide bonds. The van der Waals surface area contributed by atoms with Crippen molar-refractivity contribution in [3.63, 3.8) is 0 Å². The summed E-state index contributed by atoms with van der Waals surface area (Å²) in [6, 6.07) is 52.0. The molecule has 202 valence electrons. The average Bonchev–Trinajstić information content (AvgIpc) is 3.47. The molecule has 0 unspecified atom stereocenters. The zero-order valence-electron chi connectivity index (χ0n) is 23.2. The number of furan rings is 1. The largest absolute Gasteiger partial charge is 0.456 e. The SMILES string of the molecule is c1ccc(-c2ccccc2-c2nnnc(-c3ccc4oc5ccccc5c4c3-c3ccccc3)c2-c2ccccc2)cc1. The van der Waals surface area contributed by atoms with Crippen LogP contribution in [0.3, 0.4) is 0 Å². The molecule has 0 fully saturated rings. The molecular formula is C39H25N3O. The fraction of sp³-hybridized carbons (Fsp3) is 0. The van der Waals surface area contributed by atoms with Crippen LogP contribution in [-0.2, 0) is 0 Å². The first kappa shape index (κ1) is 24.9. The lowest BCUT2D eigenvalue weighted by Crippen LogP contribution is -2.02. The number of hydrogen-bond acceptors (Lipinski definition) is 4. The lowest BCUT2D eigenvalue weighted by Gasteiger charge is -2.18. The zero-order valence-corrected chi connectivity index (χ0v) is 23.2. The number of rotatable bonds is 5. The quantitative estimate of drug-likeness (QED) is 0.214. The summed E-state index contributed by atoms with van der Waals surface area (Å²) < 4.78 is 6.33. The second-order valence-electron chi connectivity index (χ2n) is 10.5. The Labute approximate surface area is 248 Å². The number of benzene rings is 6. The van der Waals surface area contributed by atoms with Crippen molar-refractivity contribution in [3.8, 4) is 55.9 Å². The number of aromatic nitrogens is 3. The molecule has 4 heteroatoms. The maximum atomic E-state index is 6.33. The first-order valence-corrected chi connectivity index (χ1v) is 14.3. The Balaban J connectivity index is 1.49. The number of hydrogen-bond donors (Lipinski definition) is 0. The van der Waals surface area contributed by atoms with Crippen LogP contribution in [0, 0.1) is 0 Å². The topological polar surface area (TPSA) is 51.8 Å². The van der Waals surface area contributed by atoms with Crippen LogP contribution >= 0.6 is 0 Å². The Morgan fingerprint density at radius 3 is 1.60 bits per heavy atom. The number of para-hydroxylation sites is 1. The number of fused-ring (bicyclic) bond motifs is 3. The lowest BCUT2D eigenvalue weighted by atomic mass is 9.87. The monoisotopic (exact) mass is 551 g/mol. The molecule has 0 atom stereocenters. The van der Waals surface area contributed by atoms with Gasteiger partial charge < -0.3 is 4.42 Å². The van der Waals surface area contributed by atoms with Crippen LogP contribution in [0.1, 0.15) is 0 Å². The van der Waals surface area contributed by atoms with E-state index >= 15 is 0 Å². The first-order valence-electron chi connectivity index (χ1n) is 14.3. The van der Waals surface area contributed by atoms with Gasteiger partial charge in [0.25, 0.3) is 0 Å². The normalized spacial score (nSPS) is 11.3. The molecule has 43 heavy (non-hydrogen) atoms. The molecule has 6 aromatic carbocycles. The molecule has 0 spiro atoms. The molecule has 0 aliphatic heterocycles. The van der Waals surface area contributed by atoms with E-state index in [1.165, 1.54) is 0 Å². The Morgan fingerprint density at radius 1 is 0.372 bits per heavy atom. The molecule has 0 saturated heterocycles. The van der Waals surface area contributed by atoms with Gasteiger partial charge in [-0.1, -0.05) is 133 Å². The van der Waals surface area contributed by atoms with Crippen molar-refractivity contribution >= 4 is 21.9 Å². The fourth-order valence-electron chi connectivity index (χ4n) is 6.06. The van der Waals surface area contributed by atoms with Gasteiger partial charge in [-0.3, -0.25) is 0 Å². The lowest BCUT2D eigenvalue weighted by molar-refractivity contribution is 0.669. The predicted molar refractivity (Wildman–Crippen MR) is 174 cm³/mol. The van der Waals surface area contributed by atoms with E-state index in [9.17, 15) is 0 Å². The summed E-state index contributed by atoms with van der Waals surface area (Å²) in [7, 11) is 0. The van der Waals surface area contributed by atoms with E-state index < -0.39 is 0 Å². The van der Waals surface area contributed by atoms with Gasteiger partial charge in [0.15, 0.2) is 0 Å². The van der Waals surface area contributed by atoms with E-state index in [4.69, 9.17) is 14.6 Å². The zero-order chi connectivity index (χ0) is 28.6. The van der Waals surface area contributed by atoms with E-state index in [0.29, 0.717) is 0 Å². The van der Waals surface area contributed by atoms with Crippen LogP contribution in [0.15, 0.2) is 156 Å². The van der Waals surface area contributed by atoms with Crippen molar-refractivity contribution in [3.05, 3.63) is 152 Å². The Morgan fingerprint density at radius 2 is 0.907 bits per heavy atom. The molecule has 0 bridgehead atoms. The third-order valence-corrected chi connectivity index (χ3v) is 7.95. The van der Waals surface area contributed by atoms with Crippen LogP contribution < -0.4 is 0 Å². The van der Waals surface area contributed by atoms with Gasteiger partial charge in [-0.05, 0) is 45.7 Å². The third kappa shape index (κ3) is 4.28. The van der Waals surface area contributed by atoms with E-state index in [1.54, 1.807) is 0 Å². The predicted octanol–water partition coefficient (Wildman–Crippen LogP) is 10.1. The van der Waals surface area contributed by atoms with E-state index in [-0.39, 0.29) is 0 Å². The van der Waals surface area contributed by atoms with Gasteiger partial charge in [0.2, 0.25) is 0 Å². The summed E-state index contributed by atoms with van der Waals surface area (Å²) in [5.41, 5.74) is 11.5. The highest BCUT2D eigenvalue weighted by Crippen LogP contribution is 2.46. The van der Waals surface area contributed by atoms with Crippen molar-refractivity contribution in [1.82, 2.24) is 15.4 Å². The molecule has 2 heterocycles. The molecule has 0 aliphatic carbocycles. The van der Waals surface area contributed by atoms with Crippen LogP contribution in [0.25, 0.3) is 77.8 Å². The van der Waals surface area contributed by atoms with Gasteiger partial charge in [0.1, 0.15) is 22.6 Å². The average molecular weight is 552 g/mol. The molecule has 8 rings (SSSR count). The van der Waals surface area contributed by atoms with Crippen molar-refractivity contribution in [2.75, 3.05) is 0 Å². The van der Waals surface area contributed by atoms with Crippen LogP contribution in [0.4, 0.5) is 0 Å². The molecule has 4 nitrogen and oxygen atoms in total. The maximum Gasteiger partial charge on any atom is 0.136 e. The Bertz CT molecular complexity index is 2220. The second kappa shape index (κ2) is 10.5. The van der Waals surface area contributed by atoms with Gasteiger partial charge >= 0.3 is 0 Å². The van der Waals surface area contributed by atoms with Gasteiger partial charge in [-0.25, -0.2) is 0 Å². The minimum Gasteiger partial charge on any atom is -0.456 e. The standard InChI is InChI=1S/C39H25N3O/c1-4-14-26(15-5-1)29-20-10-11-21-30(29)38-36(28-18-8-3-9-19-28)39(41-42-40-38)32-24-25-34-37(31-22-12-13-23-33(31)43-34)35(32)27-16-6-2-7-17-27/h1-25H. The maximum absolute atomic E-state index is 6.33. The van der Waals surface area contributed by atoms with Gasteiger partial charge in [-0.15, -0.1) is 10.2 Å². The fourth-order valence-corrected chi connectivity index (χ4v) is 6.06. The highest BCUT2D eigenvalue weighted by molar-refractivity contribution is 6.16. The summed E-state index contributed by atoms with van der Waals surface area (Å²) >= 11 is 0. The highest BCUT2D eigenvalue weighted by atomic mass is 16.3. The second-order valence-corrected chi connectivity index (χ2v) is 10.5. The Hall–Kier alpha value is -5.87. The summed E-state index contributed by atoms with van der Waals surface area (Å²) in [5, 5.41) is 16.0. The van der Waals surface area contributed by atoms with Crippen LogP contribution in [0.5, 0.6) is 0 Å². The third-order valence-electron chi connectivity index (χ3n) is 7.95. The molecule has 2 aromatic heterocycles. The highest BCUT2D eigenvalue weighted by Gasteiger charge is 2.24. The van der Waals surface area contributed by atoms with E-state index in [1.807, 2.05) is 36.4 Å². The van der Waals surface area contributed by atoms with E-state index in [2.05, 4.69) is 120 Å². The van der Waals surface area contributed by atoms with Crippen molar-refractivity contribution < 1.29 is 4.42 Å². The molecular weight excluding hydrogens is 526 g/mol. The van der Waals surface area contributed by atoms with Crippen LogP contribution in [-0.4, -0.2) is 15.4 Å². The van der Waals surface area contributed by atoms with Crippen molar-refractivity contribution in [1.29, 1.82) is 0 Å². The minimum atomic E-state index is 0.769. The first-order chi connectivity index (χ1) is 21.4. The summed E-state index contributed by atoms with van der Waals surface area (Å²) in [5.74, 6) is 0. The molecule has 0 saturated carbocycles. The smallest absolute Gasteiger partial charge is 0.136 e. The molecule has 0 aliphatic rings. The minimum absolute atomic E-state index is 0.769. The van der Waals surface area contributed by atoms with Gasteiger partial charge in [0, 0.05) is 33.0 Å². The summed E-state index contributed by atoms with van der Waals surface area (Å²) in [6.07, 6.45) is 0. The molecule has 0 N–H and O–H groups in total.